The lowest BCUT2D eigenvalue weighted by Crippen LogP contribution is -1.93. The normalized spacial score (nSPS) is 11.4. The first kappa shape index (κ1) is 9.06. The van der Waals surface area contributed by atoms with Crippen LogP contribution >= 0.6 is 0 Å². The molecule has 2 aromatic heterocycles. The summed E-state index contributed by atoms with van der Waals surface area (Å²) < 4.78 is 1.98. The van der Waals surface area contributed by atoms with Crippen molar-refractivity contribution in [2.24, 2.45) is 0 Å². The average Bonchev–Trinajstić information content (AvgIpc) is 2.48. The van der Waals surface area contributed by atoms with E-state index in [4.69, 9.17) is 5.73 Å². The molecule has 74 valence electrons. The average molecular weight is 189 g/mol. The van der Waals surface area contributed by atoms with Crippen molar-refractivity contribution in [3.63, 3.8) is 0 Å². The van der Waals surface area contributed by atoms with Crippen molar-refractivity contribution in [2.45, 2.75) is 26.7 Å². The molecule has 0 spiro atoms. The largest absolute Gasteiger partial charge is 0.397 e. The Balaban J connectivity index is 2.66. The predicted octanol–water partition coefficient (Wildman–Crippen LogP) is 2.35. The van der Waals surface area contributed by atoms with Gasteiger partial charge in [0.15, 0.2) is 0 Å². The van der Waals surface area contributed by atoms with Gasteiger partial charge in [-0.2, -0.15) is 0 Å². The third-order valence-corrected chi connectivity index (χ3v) is 2.45. The van der Waals surface area contributed by atoms with Crippen LogP contribution in [0.4, 0.5) is 5.69 Å². The number of hydrogen-bond donors (Lipinski definition) is 1. The first-order valence-corrected chi connectivity index (χ1v) is 4.82. The molecule has 2 aromatic rings. The molecule has 0 aliphatic heterocycles. The molecule has 0 aromatic carbocycles. The van der Waals surface area contributed by atoms with Crippen molar-refractivity contribution in [3.8, 4) is 0 Å². The van der Waals surface area contributed by atoms with E-state index in [-0.39, 0.29) is 0 Å². The van der Waals surface area contributed by atoms with Gasteiger partial charge in [-0.1, -0.05) is 13.8 Å². The Morgan fingerprint density at radius 3 is 2.71 bits per heavy atom. The molecule has 14 heavy (non-hydrogen) atoms. The predicted molar refractivity (Wildman–Crippen MR) is 58.4 cm³/mol. The van der Waals surface area contributed by atoms with Gasteiger partial charge in [0.05, 0.1) is 11.4 Å². The Morgan fingerprint density at radius 1 is 1.36 bits per heavy atom. The number of imidazole rings is 1. The summed E-state index contributed by atoms with van der Waals surface area (Å²) in [5, 5.41) is 0. The number of nitrogens with two attached hydrogens (primary N) is 1. The standard InChI is InChI=1S/C11H15N3/c1-7(2)10-6-14-5-9(12)8(3)4-11(14)13-10/h4-7H,12H2,1-3H3. The van der Waals surface area contributed by atoms with Gasteiger partial charge >= 0.3 is 0 Å². The van der Waals surface area contributed by atoms with Crippen molar-refractivity contribution < 1.29 is 0 Å². The minimum absolute atomic E-state index is 0.455. The van der Waals surface area contributed by atoms with E-state index < -0.39 is 0 Å². The lowest BCUT2D eigenvalue weighted by Gasteiger charge is -1.99. The molecule has 2 heterocycles. The highest BCUT2D eigenvalue weighted by Gasteiger charge is 2.06. The molecule has 3 heteroatoms. The molecule has 0 amide bonds. The second-order valence-corrected chi connectivity index (χ2v) is 4.00. The van der Waals surface area contributed by atoms with E-state index in [0.29, 0.717) is 5.92 Å². The maximum absolute atomic E-state index is 5.82. The summed E-state index contributed by atoms with van der Waals surface area (Å²) in [6.45, 7) is 6.27. The quantitative estimate of drug-likeness (QED) is 0.748. The zero-order valence-electron chi connectivity index (χ0n) is 8.78. The summed E-state index contributed by atoms with van der Waals surface area (Å²) >= 11 is 0. The SMILES string of the molecule is Cc1cc2nc(C(C)C)cn2cc1N. The lowest BCUT2D eigenvalue weighted by atomic mass is 10.2. The van der Waals surface area contributed by atoms with E-state index in [1.54, 1.807) is 0 Å². The van der Waals surface area contributed by atoms with Crippen LogP contribution < -0.4 is 5.73 Å². The van der Waals surface area contributed by atoms with Crippen molar-refractivity contribution in [1.82, 2.24) is 9.38 Å². The molecule has 0 radical (unpaired) electrons. The topological polar surface area (TPSA) is 43.3 Å². The van der Waals surface area contributed by atoms with E-state index in [9.17, 15) is 0 Å². The monoisotopic (exact) mass is 189 g/mol. The van der Waals surface area contributed by atoms with Crippen LogP contribution in [-0.2, 0) is 0 Å². The van der Waals surface area contributed by atoms with Crippen LogP contribution in [0, 0.1) is 6.92 Å². The number of nitrogens with zero attached hydrogens (tertiary/aromatic N) is 2. The summed E-state index contributed by atoms with van der Waals surface area (Å²) in [7, 11) is 0. The third-order valence-electron chi connectivity index (χ3n) is 2.45. The van der Waals surface area contributed by atoms with Crippen LogP contribution in [0.2, 0.25) is 0 Å². The molecule has 0 unspecified atom stereocenters. The van der Waals surface area contributed by atoms with Gasteiger partial charge < -0.3 is 10.1 Å². The smallest absolute Gasteiger partial charge is 0.137 e. The van der Waals surface area contributed by atoms with Gasteiger partial charge in [0.2, 0.25) is 0 Å². The highest BCUT2D eigenvalue weighted by atomic mass is 15.0. The maximum atomic E-state index is 5.82. The van der Waals surface area contributed by atoms with Gasteiger partial charge in [-0.25, -0.2) is 4.98 Å². The van der Waals surface area contributed by atoms with Crippen LogP contribution in [0.3, 0.4) is 0 Å². The minimum Gasteiger partial charge on any atom is -0.397 e. The fraction of sp³-hybridized carbons (Fsp3) is 0.364. The van der Waals surface area contributed by atoms with Crippen LogP contribution in [0.25, 0.3) is 5.65 Å². The fourth-order valence-electron chi connectivity index (χ4n) is 1.44. The Hall–Kier alpha value is -1.51. The molecule has 0 saturated heterocycles. The molecular weight excluding hydrogens is 174 g/mol. The number of hydrogen-bond acceptors (Lipinski definition) is 2. The minimum atomic E-state index is 0.455. The van der Waals surface area contributed by atoms with Gasteiger partial charge in [0, 0.05) is 12.4 Å². The zero-order chi connectivity index (χ0) is 10.3. The lowest BCUT2D eigenvalue weighted by molar-refractivity contribution is 0.834. The summed E-state index contributed by atoms with van der Waals surface area (Å²) in [6, 6.07) is 2.02. The third kappa shape index (κ3) is 1.35. The number of rotatable bonds is 1. The fourth-order valence-corrected chi connectivity index (χ4v) is 1.44. The molecule has 0 fully saturated rings. The van der Waals surface area contributed by atoms with Crippen LogP contribution in [-0.4, -0.2) is 9.38 Å². The number of fused-ring (bicyclic) bond motifs is 1. The van der Waals surface area contributed by atoms with Gasteiger partial charge in [-0.15, -0.1) is 0 Å². The summed E-state index contributed by atoms with van der Waals surface area (Å²) in [5.41, 5.74) is 9.79. The number of nitrogen functional groups attached to an aromatic ring is 1. The molecule has 0 aliphatic carbocycles. The summed E-state index contributed by atoms with van der Waals surface area (Å²) in [4.78, 5) is 4.52. The van der Waals surface area contributed by atoms with Gasteiger partial charge in [-0.3, -0.25) is 0 Å². The Kier molecular flexibility index (Phi) is 1.95. The van der Waals surface area contributed by atoms with Gasteiger partial charge in [0.25, 0.3) is 0 Å². The first-order chi connectivity index (χ1) is 6.58. The van der Waals surface area contributed by atoms with E-state index in [2.05, 4.69) is 18.8 Å². The molecule has 2 rings (SSSR count). The molecule has 0 saturated carbocycles. The Labute approximate surface area is 83.6 Å². The summed E-state index contributed by atoms with van der Waals surface area (Å²) in [6.07, 6.45) is 3.96. The highest BCUT2D eigenvalue weighted by molar-refractivity contribution is 5.54. The van der Waals surface area contributed by atoms with E-state index in [1.165, 1.54) is 0 Å². The second-order valence-electron chi connectivity index (χ2n) is 4.00. The number of anilines is 1. The van der Waals surface area contributed by atoms with Crippen LogP contribution in [0.15, 0.2) is 18.5 Å². The van der Waals surface area contributed by atoms with E-state index in [1.807, 2.05) is 29.8 Å². The zero-order valence-corrected chi connectivity index (χ0v) is 8.78. The van der Waals surface area contributed by atoms with Gasteiger partial charge in [0.1, 0.15) is 5.65 Å². The number of pyridine rings is 1. The van der Waals surface area contributed by atoms with Crippen molar-refractivity contribution in [1.29, 1.82) is 0 Å². The maximum Gasteiger partial charge on any atom is 0.137 e. The van der Waals surface area contributed by atoms with E-state index >= 15 is 0 Å². The Bertz CT molecular complexity index is 430. The van der Waals surface area contributed by atoms with Gasteiger partial charge in [-0.05, 0) is 24.5 Å². The number of aryl methyl sites for hydroxylation is 1. The second kappa shape index (κ2) is 3.01. The molecular formula is C11H15N3. The molecule has 0 atom stereocenters. The molecule has 3 nitrogen and oxygen atoms in total. The van der Waals surface area contributed by atoms with Crippen molar-refractivity contribution in [3.05, 3.63) is 29.7 Å². The number of aromatic nitrogens is 2. The highest BCUT2D eigenvalue weighted by Crippen LogP contribution is 2.18. The first-order valence-electron chi connectivity index (χ1n) is 4.82. The van der Waals surface area contributed by atoms with Crippen molar-refractivity contribution in [2.75, 3.05) is 5.73 Å². The van der Waals surface area contributed by atoms with Crippen molar-refractivity contribution >= 4 is 11.3 Å². The molecule has 0 aliphatic rings. The van der Waals surface area contributed by atoms with Crippen LogP contribution in [0.1, 0.15) is 31.0 Å². The van der Waals surface area contributed by atoms with Crippen LogP contribution in [0.5, 0.6) is 0 Å². The molecule has 2 N–H and O–H groups in total. The summed E-state index contributed by atoms with van der Waals surface area (Å²) in [5.74, 6) is 0.455. The van der Waals surface area contributed by atoms with E-state index in [0.717, 1.165) is 22.6 Å². The molecule has 0 bridgehead atoms. The Morgan fingerprint density at radius 2 is 2.07 bits per heavy atom.